The van der Waals surface area contributed by atoms with E-state index in [2.05, 4.69) is 202 Å². The van der Waals surface area contributed by atoms with E-state index in [0.717, 1.165) is 70.3 Å². The molecule has 8 N–H and O–H groups in total. The molecule has 4 rings (SSSR count). The molecular formula is C116H178N8O16. The molecule has 140 heavy (non-hydrogen) atoms. The summed E-state index contributed by atoms with van der Waals surface area (Å²) in [6.07, 6.45) is 64.7. The zero-order chi connectivity index (χ0) is 103. The normalized spacial score (nSPS) is 17.7. The van der Waals surface area contributed by atoms with Gasteiger partial charge >= 0.3 is 0 Å². The van der Waals surface area contributed by atoms with Crippen molar-refractivity contribution in [2.45, 2.75) is 279 Å². The Morgan fingerprint density at radius 3 is 0.771 bits per heavy atom. The van der Waals surface area contributed by atoms with Gasteiger partial charge in [-0.25, -0.2) is 0 Å². The topological polar surface area (TPSA) is 307 Å². The molecule has 8 amide bonds. The summed E-state index contributed by atoms with van der Waals surface area (Å²) in [6, 6.07) is -1.65. The Morgan fingerprint density at radius 1 is 0.279 bits per heavy atom. The number of allylic oxidation sites excluding steroid dienone is 36. The molecule has 24 heteroatoms. The number of carbonyl (C=O) groups is 8. The standard InChI is InChI=1S/C116H178N8O16/c1-87(47-51-99-95(9)41-29-57-113(99,13)14)33-25-37-91(5)83-107(127)117-61-23-21-45-103(123-109(129)85-93(7)39-27-35-89(3)49-53-101-97(11)43-31-59-115(101,17)18)111(131)121-65-71-137-77-75-135-69-63-119-105(125)55-67-133-73-79-139-81-82-140-80-74-134-68-56-106(126)120-64-70-136-76-78-138-72-66-122-112(132)104(124-110(130)86-94(8)40-28-36-90(4)50-54-102-98(12)44-32-60-116(102,19)20)46-22-24-62-118-108(128)84-92(6)38-26-34-88(2)48-52-100-96(10)42-30-58-114(100,15)16/h25-28,33-40,47-54,83-86,103-104H,21-24,29-32,41-46,55-82H2,1-20H3,(H,117,127)(H,118,128)(H,119,125)(H,120,126)(H,121,131)(H,122,132)(H,123,129)(H,124,130)/b37-25+,38-26+,39-27+,40-28+,51-47+,52-48+,53-49+,54-50+,87-33+,88-34+,89-35+,90-36+,91-83+,92-84+,93-85+,94-86+/t103-,104-/m0/s1. The molecule has 0 spiro atoms. The van der Waals surface area contributed by atoms with Gasteiger partial charge in [0, 0.05) is 76.4 Å². The first kappa shape index (κ1) is 123. The van der Waals surface area contributed by atoms with Crippen molar-refractivity contribution in [3.8, 4) is 0 Å². The fourth-order valence-corrected chi connectivity index (χ4v) is 17.2. The van der Waals surface area contributed by atoms with E-state index in [-0.39, 0.29) is 161 Å². The van der Waals surface area contributed by atoms with Gasteiger partial charge in [-0.1, -0.05) is 221 Å². The Kier molecular flexibility index (Phi) is 61.3. The van der Waals surface area contributed by atoms with E-state index in [4.69, 9.17) is 37.9 Å². The first-order valence-electron chi connectivity index (χ1n) is 51.3. The van der Waals surface area contributed by atoms with Crippen molar-refractivity contribution in [1.29, 1.82) is 0 Å². The van der Waals surface area contributed by atoms with Crippen LogP contribution in [0.25, 0.3) is 0 Å². The summed E-state index contributed by atoms with van der Waals surface area (Å²) in [5.41, 5.74) is 19.6. The molecule has 4 aliphatic rings. The van der Waals surface area contributed by atoms with Crippen molar-refractivity contribution in [2.75, 3.05) is 145 Å². The third-order valence-corrected chi connectivity index (χ3v) is 25.3. The maximum atomic E-state index is 13.6. The van der Waals surface area contributed by atoms with Gasteiger partial charge in [-0.2, -0.15) is 0 Å². The molecule has 0 heterocycles. The molecule has 0 aliphatic heterocycles. The van der Waals surface area contributed by atoms with E-state index in [1.165, 1.54) is 108 Å². The highest BCUT2D eigenvalue weighted by molar-refractivity contribution is 5.94. The largest absolute Gasteiger partial charge is 0.379 e. The molecule has 0 aromatic heterocycles. The van der Waals surface area contributed by atoms with E-state index in [0.29, 0.717) is 104 Å². The van der Waals surface area contributed by atoms with E-state index < -0.39 is 12.1 Å². The van der Waals surface area contributed by atoms with E-state index in [1.54, 1.807) is 12.2 Å². The first-order valence-corrected chi connectivity index (χ1v) is 51.3. The molecule has 0 bridgehead atoms. The van der Waals surface area contributed by atoms with Gasteiger partial charge in [0.2, 0.25) is 47.3 Å². The average molecular weight is 1940 g/mol. The second-order valence-electron chi connectivity index (χ2n) is 40.1. The van der Waals surface area contributed by atoms with Gasteiger partial charge in [0.15, 0.2) is 0 Å². The van der Waals surface area contributed by atoms with Gasteiger partial charge in [-0.05, 0) is 265 Å². The summed E-state index contributed by atoms with van der Waals surface area (Å²) < 4.78 is 45.0. The highest BCUT2D eigenvalue weighted by atomic mass is 16.6. The van der Waals surface area contributed by atoms with E-state index in [1.807, 2.05) is 101 Å². The van der Waals surface area contributed by atoms with Crippen molar-refractivity contribution in [3.63, 3.8) is 0 Å². The number of ether oxygens (including phenoxy) is 8. The zero-order valence-corrected chi connectivity index (χ0v) is 89.2. The second kappa shape index (κ2) is 70.0. The Hall–Kier alpha value is -9.76. The predicted octanol–water partition coefficient (Wildman–Crippen LogP) is 20.0. The van der Waals surface area contributed by atoms with Crippen LogP contribution in [-0.2, 0) is 76.3 Å². The zero-order valence-electron chi connectivity index (χ0n) is 89.2. The minimum absolute atomic E-state index is 0.150. The number of amides is 8. The number of hydrogen-bond donors (Lipinski definition) is 8. The third kappa shape index (κ3) is 55.6. The minimum atomic E-state index is -0.824. The van der Waals surface area contributed by atoms with Crippen LogP contribution in [0.2, 0.25) is 0 Å². The van der Waals surface area contributed by atoms with Crippen LogP contribution in [0.3, 0.4) is 0 Å². The summed E-state index contributed by atoms with van der Waals surface area (Å²) >= 11 is 0. The lowest BCUT2D eigenvalue weighted by Gasteiger charge is -2.33. The number of carbonyl (C=O) groups excluding carboxylic acids is 8. The highest BCUT2D eigenvalue weighted by Gasteiger charge is 2.31. The molecular weight excluding hydrogens is 1760 g/mol. The highest BCUT2D eigenvalue weighted by Crippen LogP contribution is 2.44. The maximum Gasteiger partial charge on any atom is 0.244 e. The molecule has 0 saturated carbocycles. The van der Waals surface area contributed by atoms with Crippen LogP contribution in [0.4, 0.5) is 0 Å². The van der Waals surface area contributed by atoms with Crippen molar-refractivity contribution in [2.24, 2.45) is 21.7 Å². The molecule has 0 fully saturated rings. The SMILES string of the molecule is CC1=C(/C=C/C(C)=C/C=C/C(C)=C/C(=O)NCCCC[C@H](NC(=O)/C=C(C)/C=C/C=C(C)/C=C/C2=C(C)CCCC2(C)C)C(=O)NCCOCCOCCNC(=O)CCOCCOCCOCCOCCC(=O)NCCOCCOCCNC(=O)[C@H](CCCCNC(=O)/C=C(C)/C=C/C=C(C)/C=C/C2=C(C)CCCC2(C)C)NC(=O)/C=C(C)/C=C/C=C(C)/C=C/C2=C(C)CCCC2(C)C)C(C)(C)CCC1. The number of rotatable bonds is 67. The summed E-state index contributed by atoms with van der Waals surface area (Å²) in [6.45, 7) is 49.5. The van der Waals surface area contributed by atoms with Crippen molar-refractivity contribution < 1.29 is 76.3 Å². The molecule has 0 unspecified atom stereocenters. The van der Waals surface area contributed by atoms with Gasteiger partial charge < -0.3 is 80.4 Å². The van der Waals surface area contributed by atoms with Crippen LogP contribution < -0.4 is 42.5 Å². The third-order valence-electron chi connectivity index (χ3n) is 25.3. The monoisotopic (exact) mass is 1940 g/mol. The summed E-state index contributed by atoms with van der Waals surface area (Å²) in [4.78, 5) is 105. The lowest BCUT2D eigenvalue weighted by molar-refractivity contribution is -0.127. The van der Waals surface area contributed by atoms with Gasteiger partial charge in [-0.3, -0.25) is 38.4 Å². The van der Waals surface area contributed by atoms with Crippen LogP contribution in [0.1, 0.15) is 267 Å². The first-order chi connectivity index (χ1) is 66.8. The smallest absolute Gasteiger partial charge is 0.244 e. The van der Waals surface area contributed by atoms with Crippen LogP contribution in [0.15, 0.2) is 235 Å². The van der Waals surface area contributed by atoms with E-state index >= 15 is 0 Å². The van der Waals surface area contributed by atoms with Gasteiger partial charge in [0.05, 0.1) is 106 Å². The molecule has 778 valence electrons. The van der Waals surface area contributed by atoms with Crippen molar-refractivity contribution >= 4 is 47.3 Å². The van der Waals surface area contributed by atoms with Gasteiger partial charge in [0.1, 0.15) is 12.1 Å². The van der Waals surface area contributed by atoms with Crippen LogP contribution in [-0.4, -0.2) is 204 Å². The Morgan fingerprint density at radius 2 is 0.514 bits per heavy atom. The van der Waals surface area contributed by atoms with Gasteiger partial charge in [-0.15, -0.1) is 0 Å². The molecule has 0 aromatic carbocycles. The predicted molar refractivity (Wildman–Crippen MR) is 570 cm³/mol. The number of hydrogen-bond acceptors (Lipinski definition) is 16. The fraction of sp³-hybridized carbons (Fsp3) is 0.586. The fourth-order valence-electron chi connectivity index (χ4n) is 17.2. The quantitative estimate of drug-likeness (QED) is 0.0159. The van der Waals surface area contributed by atoms with Crippen molar-refractivity contribution in [1.82, 2.24) is 42.5 Å². The number of nitrogens with one attached hydrogen (secondary N) is 8. The van der Waals surface area contributed by atoms with Crippen LogP contribution >= 0.6 is 0 Å². The molecule has 24 nitrogen and oxygen atoms in total. The number of unbranched alkanes of at least 4 members (excludes halogenated alkanes) is 2. The summed E-state index contributed by atoms with van der Waals surface area (Å²) in [5.74, 6) is -2.22. The molecule has 4 aliphatic carbocycles. The summed E-state index contributed by atoms with van der Waals surface area (Å²) in [7, 11) is 0. The van der Waals surface area contributed by atoms with Crippen molar-refractivity contribution in [3.05, 3.63) is 235 Å². The summed E-state index contributed by atoms with van der Waals surface area (Å²) in [5, 5.41) is 23.1. The molecule has 0 saturated heterocycles. The second-order valence-corrected chi connectivity index (χ2v) is 40.1. The van der Waals surface area contributed by atoms with Gasteiger partial charge in [0.25, 0.3) is 0 Å². The lowest BCUT2D eigenvalue weighted by Crippen LogP contribution is -2.47. The molecule has 0 radical (unpaired) electrons. The lowest BCUT2D eigenvalue weighted by atomic mass is 9.72. The average Bonchev–Trinajstić information content (AvgIpc) is 0.833. The maximum absolute atomic E-state index is 13.6. The molecule has 2 atom stereocenters. The molecule has 0 aromatic rings. The Labute approximate surface area is 841 Å². The Bertz CT molecular complexity index is 4300. The van der Waals surface area contributed by atoms with Crippen LogP contribution in [0.5, 0.6) is 0 Å². The minimum Gasteiger partial charge on any atom is -0.379 e. The Balaban J connectivity index is 1.03. The van der Waals surface area contributed by atoms with E-state index in [9.17, 15) is 38.4 Å². The van der Waals surface area contributed by atoms with Crippen LogP contribution in [0, 0.1) is 21.7 Å².